The Hall–Kier alpha value is -2.62. The minimum Gasteiger partial charge on any atom is -0.368 e. The van der Waals surface area contributed by atoms with Gasteiger partial charge in [0.2, 0.25) is 0 Å². The molecule has 1 fully saturated rings. The van der Waals surface area contributed by atoms with Crippen molar-refractivity contribution >= 4 is 49.7 Å². The van der Waals surface area contributed by atoms with Gasteiger partial charge in [0.15, 0.2) is 5.13 Å². The predicted octanol–water partition coefficient (Wildman–Crippen LogP) is 4.48. The maximum atomic E-state index is 13.1. The zero-order valence-corrected chi connectivity index (χ0v) is 21.0. The van der Waals surface area contributed by atoms with Crippen molar-refractivity contribution in [3.63, 3.8) is 0 Å². The van der Waals surface area contributed by atoms with Crippen LogP contribution in [-0.4, -0.2) is 50.4 Å². The highest BCUT2D eigenvalue weighted by Gasteiger charge is 2.27. The molecule has 2 aromatic carbocycles. The number of anilines is 2. The van der Waals surface area contributed by atoms with Gasteiger partial charge in [-0.25, -0.2) is 13.4 Å². The summed E-state index contributed by atoms with van der Waals surface area (Å²) < 4.78 is 28.3. The molecule has 7 nitrogen and oxygen atoms in total. The summed E-state index contributed by atoms with van der Waals surface area (Å²) in [5.74, 6) is -0.127. The Morgan fingerprint density at radius 3 is 2.33 bits per heavy atom. The van der Waals surface area contributed by atoms with Crippen LogP contribution in [0.5, 0.6) is 0 Å². The Morgan fingerprint density at radius 2 is 1.70 bits per heavy atom. The van der Waals surface area contributed by atoms with Gasteiger partial charge in [-0.3, -0.25) is 9.52 Å². The largest absolute Gasteiger partial charge is 0.368 e. The SMILES string of the molecule is Cc1ccc(S(=O)(=O)Nc2nc(C)c(C(=O)N3CCN(c4ccc(Cl)cc4)CC3)s2)c(C)c1. The van der Waals surface area contributed by atoms with Crippen LogP contribution in [0.15, 0.2) is 47.4 Å². The first kappa shape index (κ1) is 23.5. The first-order valence-electron chi connectivity index (χ1n) is 10.5. The number of aromatic nitrogens is 1. The van der Waals surface area contributed by atoms with Crippen LogP contribution in [0.3, 0.4) is 0 Å². The van der Waals surface area contributed by atoms with Gasteiger partial charge in [0.25, 0.3) is 15.9 Å². The minimum atomic E-state index is -3.80. The molecule has 0 radical (unpaired) electrons. The van der Waals surface area contributed by atoms with Crippen LogP contribution in [0.1, 0.15) is 26.5 Å². The van der Waals surface area contributed by atoms with E-state index in [2.05, 4.69) is 14.6 Å². The third-order valence-electron chi connectivity index (χ3n) is 5.59. The molecule has 0 unspecified atom stereocenters. The average molecular weight is 505 g/mol. The van der Waals surface area contributed by atoms with Crippen LogP contribution in [0.4, 0.5) is 10.8 Å². The molecule has 0 atom stereocenters. The summed E-state index contributed by atoms with van der Waals surface area (Å²) in [4.78, 5) is 22.1. The van der Waals surface area contributed by atoms with Gasteiger partial charge < -0.3 is 9.80 Å². The van der Waals surface area contributed by atoms with Gasteiger partial charge >= 0.3 is 0 Å². The first-order chi connectivity index (χ1) is 15.6. The number of amides is 1. The van der Waals surface area contributed by atoms with Gasteiger partial charge in [-0.05, 0) is 56.7 Å². The molecule has 33 heavy (non-hydrogen) atoms. The second kappa shape index (κ2) is 9.32. The van der Waals surface area contributed by atoms with Crippen molar-refractivity contribution in [3.8, 4) is 0 Å². The lowest BCUT2D eigenvalue weighted by molar-refractivity contribution is 0.0750. The predicted molar refractivity (Wildman–Crippen MR) is 133 cm³/mol. The van der Waals surface area contributed by atoms with Crippen molar-refractivity contribution in [1.29, 1.82) is 0 Å². The molecule has 1 aliphatic rings. The van der Waals surface area contributed by atoms with Crippen molar-refractivity contribution in [2.24, 2.45) is 0 Å². The molecule has 1 aromatic heterocycles. The molecule has 1 N–H and O–H groups in total. The number of sulfonamides is 1. The number of carbonyl (C=O) groups is 1. The quantitative estimate of drug-likeness (QED) is 0.553. The monoisotopic (exact) mass is 504 g/mol. The Bertz CT molecular complexity index is 1280. The Kier molecular flexibility index (Phi) is 6.65. The van der Waals surface area contributed by atoms with Gasteiger partial charge in [-0.15, -0.1) is 0 Å². The van der Waals surface area contributed by atoms with Crippen molar-refractivity contribution in [1.82, 2.24) is 9.88 Å². The summed E-state index contributed by atoms with van der Waals surface area (Å²) in [5.41, 5.74) is 3.23. The molecule has 1 amide bonds. The van der Waals surface area contributed by atoms with Crippen molar-refractivity contribution in [2.45, 2.75) is 25.7 Å². The van der Waals surface area contributed by atoms with Crippen LogP contribution >= 0.6 is 22.9 Å². The number of piperazine rings is 1. The molecule has 2 heterocycles. The van der Waals surface area contributed by atoms with Gasteiger partial charge in [-0.2, -0.15) is 0 Å². The smallest absolute Gasteiger partial charge is 0.266 e. The fourth-order valence-corrected chi connectivity index (χ4v) is 6.40. The standard InChI is InChI=1S/C23H25ClN4O3S2/c1-15-4-9-20(16(2)14-15)33(30,31)26-23-25-17(3)21(32-23)22(29)28-12-10-27(11-13-28)19-7-5-18(24)6-8-19/h4-9,14H,10-13H2,1-3H3,(H,25,26). The van der Waals surface area contributed by atoms with E-state index < -0.39 is 10.0 Å². The summed E-state index contributed by atoms with van der Waals surface area (Å²) in [7, 11) is -3.80. The minimum absolute atomic E-state index is 0.127. The van der Waals surface area contributed by atoms with E-state index in [1.54, 1.807) is 30.9 Å². The van der Waals surface area contributed by atoms with E-state index in [0.29, 0.717) is 47.3 Å². The number of nitrogens with one attached hydrogen (secondary N) is 1. The van der Waals surface area contributed by atoms with Crippen molar-refractivity contribution < 1.29 is 13.2 Å². The number of rotatable bonds is 5. The van der Waals surface area contributed by atoms with E-state index in [9.17, 15) is 13.2 Å². The fourth-order valence-electron chi connectivity index (χ4n) is 3.87. The Balaban J connectivity index is 1.45. The number of carbonyl (C=O) groups excluding carboxylic acids is 1. The van der Waals surface area contributed by atoms with Gasteiger partial charge in [0, 0.05) is 36.9 Å². The summed E-state index contributed by atoms with van der Waals surface area (Å²) >= 11 is 7.04. The lowest BCUT2D eigenvalue weighted by Crippen LogP contribution is -2.48. The maximum absolute atomic E-state index is 13.1. The molecule has 174 valence electrons. The van der Waals surface area contributed by atoms with Crippen LogP contribution in [-0.2, 0) is 10.0 Å². The number of hydrogen-bond acceptors (Lipinski definition) is 6. The molecule has 0 bridgehead atoms. The number of halogens is 1. The molecule has 10 heteroatoms. The number of aryl methyl sites for hydroxylation is 3. The first-order valence-corrected chi connectivity index (χ1v) is 13.2. The average Bonchev–Trinajstić information content (AvgIpc) is 3.12. The number of hydrogen-bond donors (Lipinski definition) is 1. The number of benzene rings is 2. The third-order valence-corrected chi connectivity index (χ3v) is 8.53. The molecule has 0 spiro atoms. The molecule has 3 aromatic rings. The van der Waals surface area contributed by atoms with Crippen molar-refractivity contribution in [2.75, 3.05) is 35.8 Å². The van der Waals surface area contributed by atoms with Crippen LogP contribution in [0, 0.1) is 20.8 Å². The van der Waals surface area contributed by atoms with E-state index in [4.69, 9.17) is 11.6 Å². The molecule has 0 aliphatic carbocycles. The van der Waals surface area contributed by atoms with E-state index in [1.165, 1.54) is 0 Å². The molecule has 0 saturated carbocycles. The maximum Gasteiger partial charge on any atom is 0.266 e. The van der Waals surface area contributed by atoms with Crippen molar-refractivity contribution in [3.05, 3.63) is 69.2 Å². The highest BCUT2D eigenvalue weighted by molar-refractivity contribution is 7.93. The topological polar surface area (TPSA) is 82.6 Å². The van der Waals surface area contributed by atoms with E-state index in [0.717, 1.165) is 22.6 Å². The van der Waals surface area contributed by atoms with E-state index >= 15 is 0 Å². The van der Waals surface area contributed by atoms with Crippen LogP contribution in [0.25, 0.3) is 0 Å². The lowest BCUT2D eigenvalue weighted by Gasteiger charge is -2.36. The zero-order chi connectivity index (χ0) is 23.8. The summed E-state index contributed by atoms with van der Waals surface area (Å²) in [6.45, 7) is 7.95. The summed E-state index contributed by atoms with van der Waals surface area (Å²) in [6, 6.07) is 12.8. The highest BCUT2D eigenvalue weighted by atomic mass is 35.5. The molecular formula is C23H25ClN4O3S2. The van der Waals surface area contributed by atoms with E-state index in [-0.39, 0.29) is 15.9 Å². The van der Waals surface area contributed by atoms with Gasteiger partial charge in [-0.1, -0.05) is 40.6 Å². The third kappa shape index (κ3) is 5.15. The summed E-state index contributed by atoms with van der Waals surface area (Å²) in [6.07, 6.45) is 0. The molecule has 4 rings (SSSR count). The number of nitrogens with zero attached hydrogens (tertiary/aromatic N) is 3. The molecule has 1 aliphatic heterocycles. The fraction of sp³-hybridized carbons (Fsp3) is 0.304. The summed E-state index contributed by atoms with van der Waals surface area (Å²) in [5, 5.41) is 0.882. The molecular weight excluding hydrogens is 480 g/mol. The van der Waals surface area contributed by atoms with Gasteiger partial charge in [0.1, 0.15) is 4.88 Å². The molecule has 1 saturated heterocycles. The lowest BCUT2D eigenvalue weighted by atomic mass is 10.2. The number of thiazole rings is 1. The normalized spacial score (nSPS) is 14.4. The second-order valence-electron chi connectivity index (χ2n) is 8.06. The zero-order valence-electron chi connectivity index (χ0n) is 18.6. The van der Waals surface area contributed by atoms with Crippen LogP contribution < -0.4 is 9.62 Å². The van der Waals surface area contributed by atoms with Crippen LogP contribution in [0.2, 0.25) is 5.02 Å². The Labute approximate surface area is 203 Å². The van der Waals surface area contributed by atoms with Gasteiger partial charge in [0.05, 0.1) is 10.6 Å². The second-order valence-corrected chi connectivity index (χ2v) is 11.1. The highest BCUT2D eigenvalue weighted by Crippen LogP contribution is 2.28. The Morgan fingerprint density at radius 1 is 1.03 bits per heavy atom. The van der Waals surface area contributed by atoms with E-state index in [1.807, 2.05) is 37.3 Å².